The number of ether oxygens (including phenoxy) is 1. The molecule has 0 radical (unpaired) electrons. The second-order valence-electron chi connectivity index (χ2n) is 4.94. The molecule has 1 aromatic heterocycles. The van der Waals surface area contributed by atoms with Crippen LogP contribution in [-0.2, 0) is 11.3 Å². The molecule has 0 aliphatic rings. The van der Waals surface area contributed by atoms with Crippen LogP contribution in [-0.4, -0.2) is 54.8 Å². The van der Waals surface area contributed by atoms with E-state index in [2.05, 4.69) is 47.0 Å². The summed E-state index contributed by atoms with van der Waals surface area (Å²) >= 11 is 0. The van der Waals surface area contributed by atoms with Crippen molar-refractivity contribution in [1.29, 1.82) is 0 Å². The van der Waals surface area contributed by atoms with Gasteiger partial charge >= 0.3 is 0 Å². The predicted molar refractivity (Wildman–Crippen MR) is 75.1 cm³/mol. The zero-order valence-corrected chi connectivity index (χ0v) is 12.2. The summed E-state index contributed by atoms with van der Waals surface area (Å²) < 4.78 is 7.22. The van der Waals surface area contributed by atoms with Gasteiger partial charge in [-0.3, -0.25) is 0 Å². The van der Waals surface area contributed by atoms with Crippen LogP contribution in [0.25, 0.3) is 0 Å². The van der Waals surface area contributed by atoms with E-state index in [0.29, 0.717) is 6.04 Å². The number of nitrogens with zero attached hydrogens (tertiary/aromatic N) is 3. The third kappa shape index (κ3) is 4.66. The minimum atomic E-state index is 0.484. The lowest BCUT2D eigenvalue weighted by Gasteiger charge is -2.21. The SMILES string of the molecule is COCCCNc1nc(C)cn1CC(C)N(C)C. The Bertz CT molecular complexity index is 349. The first-order valence-electron chi connectivity index (χ1n) is 6.47. The molecule has 1 heterocycles. The van der Waals surface area contributed by atoms with Gasteiger partial charge in [0, 0.05) is 39.0 Å². The molecule has 1 atom stereocenters. The smallest absolute Gasteiger partial charge is 0.203 e. The van der Waals surface area contributed by atoms with Gasteiger partial charge in [0.1, 0.15) is 0 Å². The van der Waals surface area contributed by atoms with Crippen molar-refractivity contribution in [3.63, 3.8) is 0 Å². The minimum Gasteiger partial charge on any atom is -0.385 e. The molecule has 0 fully saturated rings. The number of imidazole rings is 1. The van der Waals surface area contributed by atoms with Gasteiger partial charge in [-0.25, -0.2) is 4.98 Å². The standard InChI is InChI=1S/C13H26N4O/c1-11-9-17(10-12(2)16(3)4)13(15-11)14-7-6-8-18-5/h9,12H,6-8,10H2,1-5H3,(H,14,15). The second kappa shape index (κ2) is 7.38. The summed E-state index contributed by atoms with van der Waals surface area (Å²) in [7, 11) is 5.92. The van der Waals surface area contributed by atoms with Gasteiger partial charge in [-0.1, -0.05) is 0 Å². The van der Waals surface area contributed by atoms with Gasteiger partial charge in [-0.2, -0.15) is 0 Å². The average Bonchev–Trinajstić information content (AvgIpc) is 2.65. The zero-order chi connectivity index (χ0) is 13.5. The molecular formula is C13H26N4O. The molecule has 0 saturated carbocycles. The average molecular weight is 254 g/mol. The molecular weight excluding hydrogens is 228 g/mol. The molecule has 0 bridgehead atoms. The molecule has 1 aromatic rings. The summed E-state index contributed by atoms with van der Waals surface area (Å²) in [5, 5.41) is 3.37. The minimum absolute atomic E-state index is 0.484. The molecule has 18 heavy (non-hydrogen) atoms. The third-order valence-corrected chi connectivity index (χ3v) is 3.05. The predicted octanol–water partition coefficient (Wildman–Crippen LogP) is 1.59. The van der Waals surface area contributed by atoms with Gasteiger partial charge in [0.05, 0.1) is 5.69 Å². The molecule has 0 aliphatic heterocycles. The van der Waals surface area contributed by atoms with E-state index in [1.165, 1.54) is 0 Å². The molecule has 5 nitrogen and oxygen atoms in total. The van der Waals surface area contributed by atoms with Crippen LogP contribution in [0, 0.1) is 6.92 Å². The Hall–Kier alpha value is -1.07. The summed E-state index contributed by atoms with van der Waals surface area (Å²) in [5.74, 6) is 0.956. The summed E-state index contributed by atoms with van der Waals surface area (Å²) in [6.07, 6.45) is 3.09. The van der Waals surface area contributed by atoms with Crippen molar-refractivity contribution in [3.8, 4) is 0 Å². The van der Waals surface area contributed by atoms with Gasteiger partial charge < -0.3 is 19.5 Å². The van der Waals surface area contributed by atoms with E-state index < -0.39 is 0 Å². The first-order chi connectivity index (χ1) is 8.54. The Morgan fingerprint density at radius 3 is 2.83 bits per heavy atom. The van der Waals surface area contributed by atoms with Crippen LogP contribution in [0.5, 0.6) is 0 Å². The van der Waals surface area contributed by atoms with Crippen LogP contribution in [0.15, 0.2) is 6.20 Å². The maximum atomic E-state index is 5.04. The van der Waals surface area contributed by atoms with Crippen molar-refractivity contribution in [2.45, 2.75) is 32.9 Å². The van der Waals surface area contributed by atoms with Gasteiger partial charge in [0.2, 0.25) is 5.95 Å². The van der Waals surface area contributed by atoms with Crippen molar-refractivity contribution in [1.82, 2.24) is 14.5 Å². The topological polar surface area (TPSA) is 42.3 Å². The van der Waals surface area contributed by atoms with Crippen LogP contribution >= 0.6 is 0 Å². The number of aromatic nitrogens is 2. The number of anilines is 1. The van der Waals surface area contributed by atoms with Crippen molar-refractivity contribution in [2.75, 3.05) is 39.7 Å². The third-order valence-electron chi connectivity index (χ3n) is 3.05. The lowest BCUT2D eigenvalue weighted by Crippen LogP contribution is -2.29. The van der Waals surface area contributed by atoms with Crippen LogP contribution in [0.2, 0.25) is 0 Å². The van der Waals surface area contributed by atoms with Gasteiger partial charge in [-0.05, 0) is 34.4 Å². The maximum absolute atomic E-state index is 5.04. The maximum Gasteiger partial charge on any atom is 0.203 e. The van der Waals surface area contributed by atoms with E-state index in [9.17, 15) is 0 Å². The molecule has 0 spiro atoms. The Morgan fingerprint density at radius 1 is 1.50 bits per heavy atom. The number of rotatable bonds is 8. The fraction of sp³-hybridized carbons (Fsp3) is 0.769. The van der Waals surface area contributed by atoms with Crippen LogP contribution in [0.4, 0.5) is 5.95 Å². The van der Waals surface area contributed by atoms with Gasteiger partial charge in [0.25, 0.3) is 0 Å². The number of hydrogen-bond donors (Lipinski definition) is 1. The number of likely N-dealkylation sites (N-methyl/N-ethyl adjacent to an activating group) is 1. The summed E-state index contributed by atoms with van der Waals surface area (Å²) in [6, 6.07) is 0.484. The molecule has 1 N–H and O–H groups in total. The number of nitrogens with one attached hydrogen (secondary N) is 1. The lowest BCUT2D eigenvalue weighted by molar-refractivity contribution is 0.197. The van der Waals surface area contributed by atoms with Crippen molar-refractivity contribution in [2.24, 2.45) is 0 Å². The second-order valence-corrected chi connectivity index (χ2v) is 4.94. The quantitative estimate of drug-likeness (QED) is 0.715. The van der Waals surface area contributed by atoms with E-state index in [-0.39, 0.29) is 0 Å². The fourth-order valence-electron chi connectivity index (χ4n) is 1.69. The largest absolute Gasteiger partial charge is 0.385 e. The molecule has 1 unspecified atom stereocenters. The molecule has 0 aliphatic carbocycles. The van der Waals surface area contributed by atoms with Crippen LogP contribution in [0.3, 0.4) is 0 Å². The lowest BCUT2D eigenvalue weighted by atomic mass is 10.3. The van der Waals surface area contributed by atoms with Crippen LogP contribution in [0.1, 0.15) is 19.0 Å². The Kier molecular flexibility index (Phi) is 6.15. The van der Waals surface area contributed by atoms with E-state index in [1.807, 2.05) is 6.92 Å². The van der Waals surface area contributed by atoms with E-state index in [1.54, 1.807) is 7.11 Å². The highest BCUT2D eigenvalue weighted by Gasteiger charge is 2.10. The van der Waals surface area contributed by atoms with Gasteiger partial charge in [0.15, 0.2) is 0 Å². The first kappa shape index (κ1) is 15.0. The molecule has 0 amide bonds. The number of methoxy groups -OCH3 is 1. The molecule has 5 heteroatoms. The monoisotopic (exact) mass is 254 g/mol. The molecule has 0 saturated heterocycles. The molecule has 1 rings (SSSR count). The van der Waals surface area contributed by atoms with Gasteiger partial charge in [-0.15, -0.1) is 0 Å². The summed E-state index contributed by atoms with van der Waals surface area (Å²) in [4.78, 5) is 6.73. The summed E-state index contributed by atoms with van der Waals surface area (Å²) in [6.45, 7) is 6.85. The molecule has 104 valence electrons. The highest BCUT2D eigenvalue weighted by atomic mass is 16.5. The highest BCUT2D eigenvalue weighted by molar-refractivity contribution is 5.28. The normalized spacial score (nSPS) is 13.0. The number of aryl methyl sites for hydroxylation is 1. The van der Waals surface area contributed by atoms with Crippen molar-refractivity contribution >= 4 is 5.95 Å². The first-order valence-corrected chi connectivity index (χ1v) is 6.47. The highest BCUT2D eigenvalue weighted by Crippen LogP contribution is 2.10. The Balaban J connectivity index is 2.56. The zero-order valence-electron chi connectivity index (χ0n) is 12.2. The van der Waals surface area contributed by atoms with E-state index >= 15 is 0 Å². The van der Waals surface area contributed by atoms with E-state index in [4.69, 9.17) is 4.74 Å². The molecule has 0 aromatic carbocycles. The van der Waals surface area contributed by atoms with Crippen LogP contribution < -0.4 is 5.32 Å². The van der Waals surface area contributed by atoms with E-state index in [0.717, 1.165) is 37.8 Å². The van der Waals surface area contributed by atoms with Crippen molar-refractivity contribution in [3.05, 3.63) is 11.9 Å². The summed E-state index contributed by atoms with van der Waals surface area (Å²) in [5.41, 5.74) is 1.05. The fourth-order valence-corrected chi connectivity index (χ4v) is 1.69. The Morgan fingerprint density at radius 2 is 2.22 bits per heavy atom. The Labute approximate surface area is 110 Å². The number of hydrogen-bond acceptors (Lipinski definition) is 4. The van der Waals surface area contributed by atoms with Crippen molar-refractivity contribution < 1.29 is 4.74 Å².